The number of hydrogen-bond acceptors (Lipinski definition) is 3. The summed E-state index contributed by atoms with van der Waals surface area (Å²) in [6, 6.07) is 9.92. The number of nitrogens with zero attached hydrogens (tertiary/aromatic N) is 2. The van der Waals surface area contributed by atoms with Crippen LogP contribution in [0, 0.1) is 5.92 Å². The molecule has 1 aromatic heterocycles. The van der Waals surface area contributed by atoms with Gasteiger partial charge in [0.1, 0.15) is 0 Å². The minimum Gasteiger partial charge on any atom is -0.481 e. The van der Waals surface area contributed by atoms with Crippen molar-refractivity contribution < 1.29 is 9.90 Å². The first-order chi connectivity index (χ1) is 8.75. The van der Waals surface area contributed by atoms with Gasteiger partial charge in [0.15, 0.2) is 0 Å². The molecule has 1 aromatic carbocycles. The van der Waals surface area contributed by atoms with Gasteiger partial charge in [-0.2, -0.15) is 0 Å². The van der Waals surface area contributed by atoms with Crippen LogP contribution >= 0.6 is 0 Å². The van der Waals surface area contributed by atoms with E-state index in [2.05, 4.69) is 9.88 Å². The van der Waals surface area contributed by atoms with E-state index >= 15 is 0 Å². The zero-order chi connectivity index (χ0) is 12.5. The van der Waals surface area contributed by atoms with Gasteiger partial charge in [-0.25, -0.2) is 0 Å². The Morgan fingerprint density at radius 1 is 1.33 bits per heavy atom. The average Bonchev–Trinajstić information content (AvgIpc) is 2.87. The molecule has 1 saturated heterocycles. The number of pyridine rings is 1. The van der Waals surface area contributed by atoms with Crippen LogP contribution in [0.2, 0.25) is 0 Å². The summed E-state index contributed by atoms with van der Waals surface area (Å²) in [4.78, 5) is 17.5. The molecule has 3 rings (SSSR count). The lowest BCUT2D eigenvalue weighted by atomic mass is 10.1. The summed E-state index contributed by atoms with van der Waals surface area (Å²) in [5, 5.41) is 10.1. The number of aromatic nitrogens is 1. The first kappa shape index (κ1) is 11.0. The van der Waals surface area contributed by atoms with E-state index in [0.29, 0.717) is 13.0 Å². The van der Waals surface area contributed by atoms with E-state index in [0.717, 1.165) is 23.1 Å². The highest BCUT2D eigenvalue weighted by atomic mass is 16.4. The highest BCUT2D eigenvalue weighted by Crippen LogP contribution is 2.29. The van der Waals surface area contributed by atoms with Crippen molar-refractivity contribution >= 4 is 22.6 Å². The van der Waals surface area contributed by atoms with Crippen LogP contribution in [0.5, 0.6) is 0 Å². The minimum absolute atomic E-state index is 0.253. The molecule has 2 aromatic rings. The van der Waals surface area contributed by atoms with Crippen molar-refractivity contribution in [2.45, 2.75) is 6.42 Å². The molecule has 1 aliphatic rings. The number of aliphatic carboxylic acids is 1. The molecule has 92 valence electrons. The van der Waals surface area contributed by atoms with Crippen molar-refractivity contribution in [1.29, 1.82) is 0 Å². The van der Waals surface area contributed by atoms with Gasteiger partial charge in [-0.15, -0.1) is 0 Å². The first-order valence-corrected chi connectivity index (χ1v) is 6.07. The molecule has 18 heavy (non-hydrogen) atoms. The monoisotopic (exact) mass is 242 g/mol. The van der Waals surface area contributed by atoms with Crippen molar-refractivity contribution in [3.63, 3.8) is 0 Å². The Morgan fingerprint density at radius 2 is 2.17 bits per heavy atom. The fraction of sp³-hybridized carbons (Fsp3) is 0.286. The van der Waals surface area contributed by atoms with Crippen LogP contribution < -0.4 is 4.90 Å². The standard InChI is InChI=1S/C14H14N2O2/c17-14(18)10-6-8-16(9-10)13-5-7-15-12-4-2-1-3-11(12)13/h1-5,7,10H,6,8-9H2,(H,17,18)/t10-/m1/s1. The zero-order valence-electron chi connectivity index (χ0n) is 9.91. The van der Waals surface area contributed by atoms with Crippen molar-refractivity contribution in [3.8, 4) is 0 Å². The lowest BCUT2D eigenvalue weighted by Crippen LogP contribution is -2.22. The van der Waals surface area contributed by atoms with E-state index < -0.39 is 5.97 Å². The smallest absolute Gasteiger partial charge is 0.308 e. The summed E-state index contributed by atoms with van der Waals surface area (Å²) in [5.41, 5.74) is 2.04. The van der Waals surface area contributed by atoms with Gasteiger partial charge in [-0.05, 0) is 18.6 Å². The van der Waals surface area contributed by atoms with Crippen molar-refractivity contribution in [1.82, 2.24) is 4.98 Å². The number of anilines is 1. The van der Waals surface area contributed by atoms with Gasteiger partial charge < -0.3 is 10.0 Å². The van der Waals surface area contributed by atoms with Crippen LogP contribution in [0.3, 0.4) is 0 Å². The third kappa shape index (κ3) is 1.79. The number of carbonyl (C=O) groups is 1. The number of benzene rings is 1. The quantitative estimate of drug-likeness (QED) is 0.876. The predicted octanol–water partition coefficient (Wildman–Crippen LogP) is 2.15. The number of hydrogen-bond donors (Lipinski definition) is 1. The molecule has 0 amide bonds. The second kappa shape index (κ2) is 4.29. The fourth-order valence-corrected chi connectivity index (χ4v) is 2.54. The molecular formula is C14H14N2O2. The van der Waals surface area contributed by atoms with Gasteiger partial charge in [0.2, 0.25) is 0 Å². The highest BCUT2D eigenvalue weighted by Gasteiger charge is 2.28. The molecule has 4 nitrogen and oxygen atoms in total. The zero-order valence-corrected chi connectivity index (χ0v) is 9.91. The second-order valence-corrected chi connectivity index (χ2v) is 4.62. The van der Waals surface area contributed by atoms with Gasteiger partial charge in [0, 0.05) is 30.4 Å². The largest absolute Gasteiger partial charge is 0.481 e. The second-order valence-electron chi connectivity index (χ2n) is 4.62. The Morgan fingerprint density at radius 3 is 2.94 bits per heavy atom. The van der Waals surface area contributed by atoms with Gasteiger partial charge in [-0.3, -0.25) is 9.78 Å². The predicted molar refractivity (Wildman–Crippen MR) is 69.7 cm³/mol. The normalized spacial score (nSPS) is 19.3. The Hall–Kier alpha value is -2.10. The lowest BCUT2D eigenvalue weighted by molar-refractivity contribution is -0.140. The van der Waals surface area contributed by atoms with Gasteiger partial charge >= 0.3 is 5.97 Å². The molecule has 0 unspecified atom stereocenters. The molecule has 1 atom stereocenters. The maximum atomic E-state index is 11.0. The summed E-state index contributed by atoms with van der Waals surface area (Å²) in [7, 11) is 0. The Kier molecular flexibility index (Phi) is 2.63. The Balaban J connectivity index is 1.98. The van der Waals surface area contributed by atoms with E-state index in [9.17, 15) is 4.79 Å². The topological polar surface area (TPSA) is 53.4 Å². The summed E-state index contributed by atoms with van der Waals surface area (Å²) in [5.74, 6) is -0.951. The van der Waals surface area contributed by atoms with Crippen LogP contribution in [0.1, 0.15) is 6.42 Å². The Labute approximate surface area is 105 Å². The maximum Gasteiger partial charge on any atom is 0.308 e. The first-order valence-electron chi connectivity index (χ1n) is 6.07. The minimum atomic E-state index is -0.698. The number of carboxylic acids is 1. The van der Waals surface area contributed by atoms with Crippen LogP contribution in [0.4, 0.5) is 5.69 Å². The van der Waals surface area contributed by atoms with Gasteiger partial charge in [0.25, 0.3) is 0 Å². The number of rotatable bonds is 2. The molecule has 0 aliphatic carbocycles. The van der Waals surface area contributed by atoms with Crippen LogP contribution in [-0.2, 0) is 4.79 Å². The molecule has 1 aliphatic heterocycles. The van der Waals surface area contributed by atoms with Crippen LogP contribution in [-0.4, -0.2) is 29.1 Å². The fourth-order valence-electron chi connectivity index (χ4n) is 2.54. The highest BCUT2D eigenvalue weighted by molar-refractivity contribution is 5.91. The molecule has 0 saturated carbocycles. The van der Waals surface area contributed by atoms with Crippen molar-refractivity contribution in [2.75, 3.05) is 18.0 Å². The molecule has 0 spiro atoms. The number of para-hydroxylation sites is 1. The molecular weight excluding hydrogens is 228 g/mol. The summed E-state index contributed by atoms with van der Waals surface area (Å²) in [6.07, 6.45) is 2.50. The van der Waals surface area contributed by atoms with E-state index in [1.807, 2.05) is 30.3 Å². The third-order valence-electron chi connectivity index (χ3n) is 3.50. The van der Waals surface area contributed by atoms with E-state index in [-0.39, 0.29) is 5.92 Å². The number of fused-ring (bicyclic) bond motifs is 1. The van der Waals surface area contributed by atoms with E-state index in [1.54, 1.807) is 6.20 Å². The third-order valence-corrected chi connectivity index (χ3v) is 3.50. The van der Waals surface area contributed by atoms with Gasteiger partial charge in [-0.1, -0.05) is 18.2 Å². The number of carboxylic acid groups (broad SMARTS) is 1. The molecule has 0 bridgehead atoms. The maximum absolute atomic E-state index is 11.0. The molecule has 1 fully saturated rings. The average molecular weight is 242 g/mol. The lowest BCUT2D eigenvalue weighted by Gasteiger charge is -2.19. The SMILES string of the molecule is O=C(O)[C@@H]1CCN(c2ccnc3ccccc23)C1. The van der Waals surface area contributed by atoms with Crippen molar-refractivity contribution in [2.24, 2.45) is 5.92 Å². The van der Waals surface area contributed by atoms with E-state index in [4.69, 9.17) is 5.11 Å². The van der Waals surface area contributed by atoms with E-state index in [1.165, 1.54) is 0 Å². The van der Waals surface area contributed by atoms with Crippen LogP contribution in [0.25, 0.3) is 10.9 Å². The summed E-state index contributed by atoms with van der Waals surface area (Å²) in [6.45, 7) is 1.38. The molecule has 1 N–H and O–H groups in total. The van der Waals surface area contributed by atoms with Crippen LogP contribution in [0.15, 0.2) is 36.5 Å². The van der Waals surface area contributed by atoms with Crippen molar-refractivity contribution in [3.05, 3.63) is 36.5 Å². The summed E-state index contributed by atoms with van der Waals surface area (Å²) >= 11 is 0. The Bertz CT molecular complexity index is 592. The molecule has 4 heteroatoms. The molecule has 0 radical (unpaired) electrons. The summed E-state index contributed by atoms with van der Waals surface area (Å²) < 4.78 is 0. The van der Waals surface area contributed by atoms with Gasteiger partial charge in [0.05, 0.1) is 11.4 Å². The molecule has 2 heterocycles.